The third kappa shape index (κ3) is 2.16. The van der Waals surface area contributed by atoms with Gasteiger partial charge in [-0.05, 0) is 37.0 Å². The van der Waals surface area contributed by atoms with E-state index in [9.17, 15) is 4.79 Å². The van der Waals surface area contributed by atoms with E-state index in [-0.39, 0.29) is 23.3 Å². The molecule has 90 valence electrons. The molecule has 2 aliphatic rings. The van der Waals surface area contributed by atoms with Crippen LogP contribution in [0, 0.1) is 23.2 Å². The van der Waals surface area contributed by atoms with Gasteiger partial charge in [0.25, 0.3) is 0 Å². The predicted octanol–water partition coefficient (Wildman–Crippen LogP) is 2.75. The second-order valence-electron chi connectivity index (χ2n) is 6.48. The monoisotopic (exact) mass is 221 g/mol. The van der Waals surface area contributed by atoms with Crippen molar-refractivity contribution in [2.45, 2.75) is 46.6 Å². The molecule has 2 nitrogen and oxygen atoms in total. The Labute approximate surface area is 98.5 Å². The van der Waals surface area contributed by atoms with E-state index in [1.165, 1.54) is 6.42 Å². The zero-order valence-electron chi connectivity index (χ0n) is 10.8. The van der Waals surface area contributed by atoms with Crippen molar-refractivity contribution in [3.8, 4) is 0 Å². The van der Waals surface area contributed by atoms with Gasteiger partial charge in [-0.3, -0.25) is 4.79 Å². The second-order valence-corrected chi connectivity index (χ2v) is 6.48. The fraction of sp³-hybridized carbons (Fsp3) is 0.786. The van der Waals surface area contributed by atoms with E-state index < -0.39 is 0 Å². The minimum atomic E-state index is 0.142. The summed E-state index contributed by atoms with van der Waals surface area (Å²) < 4.78 is 0. The molecule has 1 amide bonds. The van der Waals surface area contributed by atoms with Gasteiger partial charge in [0.1, 0.15) is 0 Å². The van der Waals surface area contributed by atoms with Gasteiger partial charge in [-0.2, -0.15) is 0 Å². The summed E-state index contributed by atoms with van der Waals surface area (Å²) in [6, 6.07) is 0.239. The van der Waals surface area contributed by atoms with E-state index in [0.29, 0.717) is 11.8 Å². The molecule has 2 rings (SSSR count). The lowest BCUT2D eigenvalue weighted by Crippen LogP contribution is -2.44. The van der Waals surface area contributed by atoms with Crippen molar-refractivity contribution in [1.82, 2.24) is 5.32 Å². The molecule has 1 N–H and O–H groups in total. The molecule has 1 saturated carbocycles. The van der Waals surface area contributed by atoms with E-state index in [0.717, 1.165) is 6.42 Å². The van der Waals surface area contributed by atoms with E-state index in [2.05, 4.69) is 45.2 Å². The first kappa shape index (κ1) is 11.7. The number of hydrogen-bond donors (Lipinski definition) is 1. The minimum Gasteiger partial charge on any atom is -0.353 e. The summed E-state index contributed by atoms with van der Waals surface area (Å²) >= 11 is 0. The normalized spacial score (nSPS) is 34.1. The maximum Gasteiger partial charge on any atom is 0.223 e. The third-order valence-electron chi connectivity index (χ3n) is 4.27. The Bertz CT molecular complexity index is 313. The summed E-state index contributed by atoms with van der Waals surface area (Å²) in [5.41, 5.74) is 0.142. The Morgan fingerprint density at radius 3 is 2.44 bits per heavy atom. The summed E-state index contributed by atoms with van der Waals surface area (Å²) in [5, 5.41) is 3.17. The van der Waals surface area contributed by atoms with E-state index in [4.69, 9.17) is 0 Å². The Morgan fingerprint density at radius 2 is 2.00 bits per heavy atom. The molecular weight excluding hydrogens is 198 g/mol. The van der Waals surface area contributed by atoms with Crippen molar-refractivity contribution in [2.24, 2.45) is 23.2 Å². The summed E-state index contributed by atoms with van der Waals surface area (Å²) in [6.07, 6.45) is 6.77. The lowest BCUT2D eigenvalue weighted by atomic mass is 9.86. The average molecular weight is 221 g/mol. The molecular formula is C14H23NO. The molecule has 0 aliphatic heterocycles. The molecule has 4 unspecified atom stereocenters. The molecule has 0 spiro atoms. The first-order valence-corrected chi connectivity index (χ1v) is 6.36. The van der Waals surface area contributed by atoms with Crippen LogP contribution in [0.2, 0.25) is 0 Å². The van der Waals surface area contributed by atoms with E-state index >= 15 is 0 Å². The number of hydrogen-bond acceptors (Lipinski definition) is 1. The van der Waals surface area contributed by atoms with Crippen LogP contribution in [0.4, 0.5) is 0 Å². The first-order valence-electron chi connectivity index (χ1n) is 6.36. The van der Waals surface area contributed by atoms with Crippen LogP contribution in [0.25, 0.3) is 0 Å². The van der Waals surface area contributed by atoms with Crippen LogP contribution >= 0.6 is 0 Å². The van der Waals surface area contributed by atoms with Crippen molar-refractivity contribution < 1.29 is 4.79 Å². The number of rotatable bonds is 2. The smallest absolute Gasteiger partial charge is 0.223 e. The number of amides is 1. The largest absolute Gasteiger partial charge is 0.353 e. The fourth-order valence-electron chi connectivity index (χ4n) is 2.62. The van der Waals surface area contributed by atoms with Gasteiger partial charge in [0, 0.05) is 12.0 Å². The van der Waals surface area contributed by atoms with E-state index in [1.54, 1.807) is 0 Å². The summed E-state index contributed by atoms with van der Waals surface area (Å²) in [6.45, 7) is 8.59. The molecule has 2 heteroatoms. The van der Waals surface area contributed by atoms with Crippen LogP contribution in [0.15, 0.2) is 12.2 Å². The molecule has 0 aromatic rings. The zero-order chi connectivity index (χ0) is 11.9. The van der Waals surface area contributed by atoms with Gasteiger partial charge in [-0.1, -0.05) is 32.9 Å². The van der Waals surface area contributed by atoms with Crippen LogP contribution in [0.5, 0.6) is 0 Å². The first-order chi connectivity index (χ1) is 7.38. The molecule has 0 radical (unpaired) electrons. The third-order valence-corrected chi connectivity index (χ3v) is 4.27. The Kier molecular flexibility index (Phi) is 2.85. The Morgan fingerprint density at radius 1 is 1.31 bits per heavy atom. The summed E-state index contributed by atoms with van der Waals surface area (Å²) in [4.78, 5) is 12.1. The van der Waals surface area contributed by atoms with Gasteiger partial charge in [0.15, 0.2) is 0 Å². The highest BCUT2D eigenvalue weighted by Crippen LogP contribution is 2.43. The van der Waals surface area contributed by atoms with Crippen LogP contribution in [-0.4, -0.2) is 11.9 Å². The molecule has 4 atom stereocenters. The highest BCUT2D eigenvalue weighted by Gasteiger charge is 2.40. The Balaban J connectivity index is 1.92. The van der Waals surface area contributed by atoms with Crippen LogP contribution in [0.1, 0.15) is 40.5 Å². The minimum absolute atomic E-state index is 0.142. The SMILES string of the molecule is CC(NC(=O)C1CC2C=CC1C2)C(C)(C)C. The lowest BCUT2D eigenvalue weighted by molar-refractivity contribution is -0.127. The second kappa shape index (κ2) is 3.90. The molecule has 2 aliphatic carbocycles. The van der Waals surface area contributed by atoms with Gasteiger partial charge in [-0.25, -0.2) is 0 Å². The predicted molar refractivity (Wildman–Crippen MR) is 65.9 cm³/mol. The van der Waals surface area contributed by atoms with Gasteiger partial charge in [0.2, 0.25) is 5.91 Å². The van der Waals surface area contributed by atoms with Crippen molar-refractivity contribution in [1.29, 1.82) is 0 Å². The highest BCUT2D eigenvalue weighted by molar-refractivity contribution is 5.80. The molecule has 16 heavy (non-hydrogen) atoms. The maximum absolute atomic E-state index is 12.1. The number of nitrogens with one attached hydrogen (secondary N) is 1. The van der Waals surface area contributed by atoms with Crippen molar-refractivity contribution in [2.75, 3.05) is 0 Å². The van der Waals surface area contributed by atoms with Gasteiger partial charge >= 0.3 is 0 Å². The van der Waals surface area contributed by atoms with Gasteiger partial charge in [-0.15, -0.1) is 0 Å². The van der Waals surface area contributed by atoms with Crippen LogP contribution < -0.4 is 5.32 Å². The van der Waals surface area contributed by atoms with Crippen molar-refractivity contribution in [3.05, 3.63) is 12.2 Å². The van der Waals surface area contributed by atoms with Gasteiger partial charge < -0.3 is 5.32 Å². The van der Waals surface area contributed by atoms with Crippen LogP contribution in [0.3, 0.4) is 0 Å². The Hall–Kier alpha value is -0.790. The molecule has 0 aromatic heterocycles. The summed E-state index contributed by atoms with van der Waals surface area (Å²) in [5.74, 6) is 1.68. The zero-order valence-corrected chi connectivity index (χ0v) is 10.8. The molecule has 0 saturated heterocycles. The number of carbonyl (C=O) groups is 1. The number of carbonyl (C=O) groups excluding carboxylic acids is 1. The number of allylic oxidation sites excluding steroid dienone is 2. The van der Waals surface area contributed by atoms with Gasteiger partial charge in [0.05, 0.1) is 0 Å². The lowest BCUT2D eigenvalue weighted by Gasteiger charge is -2.30. The molecule has 0 aromatic carbocycles. The topological polar surface area (TPSA) is 29.1 Å². The molecule has 2 bridgehead atoms. The quantitative estimate of drug-likeness (QED) is 0.714. The standard InChI is InChI=1S/C14H23NO/c1-9(14(2,3)4)15-13(16)12-8-10-5-6-11(12)7-10/h5-6,9-12H,7-8H2,1-4H3,(H,15,16). The molecule has 0 heterocycles. The average Bonchev–Trinajstić information content (AvgIpc) is 2.76. The van der Waals surface area contributed by atoms with Crippen LogP contribution in [-0.2, 0) is 4.79 Å². The maximum atomic E-state index is 12.1. The molecule has 1 fully saturated rings. The summed E-state index contributed by atoms with van der Waals surface area (Å²) in [7, 11) is 0. The fourth-order valence-corrected chi connectivity index (χ4v) is 2.62. The number of fused-ring (bicyclic) bond motifs is 2. The highest BCUT2D eigenvalue weighted by atomic mass is 16.2. The van der Waals surface area contributed by atoms with Crippen molar-refractivity contribution >= 4 is 5.91 Å². The van der Waals surface area contributed by atoms with E-state index in [1.807, 2.05) is 0 Å². The van der Waals surface area contributed by atoms with Crippen molar-refractivity contribution in [3.63, 3.8) is 0 Å².